The lowest BCUT2D eigenvalue weighted by atomic mass is 10.1. The van der Waals surface area contributed by atoms with Gasteiger partial charge in [0.1, 0.15) is 11.4 Å². The van der Waals surface area contributed by atoms with E-state index in [4.69, 9.17) is 14.1 Å². The van der Waals surface area contributed by atoms with Crippen LogP contribution in [0.2, 0.25) is 0 Å². The quantitative estimate of drug-likeness (QED) is 0.408. The van der Waals surface area contributed by atoms with E-state index in [1.807, 2.05) is 48.8 Å². The van der Waals surface area contributed by atoms with Crippen LogP contribution in [0.5, 0.6) is 5.75 Å². The zero-order valence-corrected chi connectivity index (χ0v) is 15.9. The Morgan fingerprint density at radius 2 is 1.83 bits per heavy atom. The molecule has 0 aliphatic carbocycles. The number of methoxy groups -OCH3 is 1. The van der Waals surface area contributed by atoms with Gasteiger partial charge in [0.05, 0.1) is 25.3 Å². The van der Waals surface area contributed by atoms with Gasteiger partial charge in [0.15, 0.2) is 11.3 Å². The molecule has 5 rings (SSSR count). The van der Waals surface area contributed by atoms with Gasteiger partial charge in [-0.1, -0.05) is 42.5 Å². The maximum atomic E-state index is 6.15. The van der Waals surface area contributed by atoms with Gasteiger partial charge in [0.25, 0.3) is 0 Å². The molecule has 0 atom stereocenters. The third kappa shape index (κ3) is 3.27. The fourth-order valence-electron chi connectivity index (χ4n) is 3.50. The number of hydrogen-bond acceptors (Lipinski definition) is 4. The van der Waals surface area contributed by atoms with Crippen molar-refractivity contribution in [2.45, 2.75) is 6.54 Å². The van der Waals surface area contributed by atoms with Crippen LogP contribution in [0.15, 0.2) is 89.9 Å². The number of hydrogen-bond donors (Lipinski definition) is 0. The summed E-state index contributed by atoms with van der Waals surface area (Å²) in [5.74, 6) is 1.62. The average molecular weight is 381 g/mol. The number of furan rings is 1. The summed E-state index contributed by atoms with van der Waals surface area (Å²) in [7, 11) is 1.67. The van der Waals surface area contributed by atoms with E-state index in [0.717, 1.165) is 45.0 Å². The second kappa shape index (κ2) is 7.28. The van der Waals surface area contributed by atoms with Gasteiger partial charge in [-0.05, 0) is 29.8 Å². The summed E-state index contributed by atoms with van der Waals surface area (Å²) in [5, 5.41) is 1.02. The Bertz CT molecular complexity index is 1220. The Hall–Kier alpha value is -3.86. The first-order chi connectivity index (χ1) is 14.3. The van der Waals surface area contributed by atoms with Crippen LogP contribution in [-0.2, 0) is 6.54 Å². The normalized spacial score (nSPS) is 11.1. The smallest absolute Gasteiger partial charge is 0.154 e. The van der Waals surface area contributed by atoms with Crippen molar-refractivity contribution < 1.29 is 9.15 Å². The molecule has 0 aliphatic rings. The number of ether oxygens (including phenoxy) is 1. The molecular formula is C24H19N3O2. The Kier molecular flexibility index (Phi) is 4.33. The number of rotatable bonds is 5. The molecule has 0 N–H and O–H groups in total. The van der Waals surface area contributed by atoms with Gasteiger partial charge in [0.2, 0.25) is 0 Å². The Morgan fingerprint density at radius 3 is 2.59 bits per heavy atom. The highest BCUT2D eigenvalue weighted by molar-refractivity contribution is 5.85. The molecule has 5 heteroatoms. The van der Waals surface area contributed by atoms with Crippen LogP contribution in [-0.4, -0.2) is 21.6 Å². The second-order valence-electron chi connectivity index (χ2n) is 6.81. The lowest BCUT2D eigenvalue weighted by molar-refractivity contribution is 0.414. The first kappa shape index (κ1) is 17.3. The van der Waals surface area contributed by atoms with Crippen molar-refractivity contribution in [1.82, 2.24) is 14.5 Å². The minimum atomic E-state index is 0.675. The van der Waals surface area contributed by atoms with Gasteiger partial charge in [-0.2, -0.15) is 0 Å². The number of fused-ring (bicyclic) bond motifs is 1. The molecule has 0 aliphatic heterocycles. The second-order valence-corrected chi connectivity index (χ2v) is 6.81. The predicted molar refractivity (Wildman–Crippen MR) is 113 cm³/mol. The lowest BCUT2D eigenvalue weighted by Crippen LogP contribution is -2.00. The SMILES string of the molecule is COc1ccc(Cn2cnc(-c3ccccc3)c2-c2cc3ccncc3o2)cc1. The Balaban J connectivity index is 1.63. The summed E-state index contributed by atoms with van der Waals surface area (Å²) < 4.78 is 13.5. The number of nitrogens with zero attached hydrogens (tertiary/aromatic N) is 3. The van der Waals surface area contributed by atoms with Crippen molar-refractivity contribution in [2.24, 2.45) is 0 Å². The number of benzene rings is 2. The number of imidazole rings is 1. The summed E-state index contributed by atoms with van der Waals surface area (Å²) in [6.07, 6.45) is 5.38. The molecule has 5 nitrogen and oxygen atoms in total. The molecule has 142 valence electrons. The van der Waals surface area contributed by atoms with E-state index < -0.39 is 0 Å². The van der Waals surface area contributed by atoms with E-state index in [1.165, 1.54) is 0 Å². The predicted octanol–water partition coefficient (Wildman–Crippen LogP) is 5.42. The van der Waals surface area contributed by atoms with E-state index >= 15 is 0 Å². The third-order valence-corrected chi connectivity index (χ3v) is 4.95. The van der Waals surface area contributed by atoms with Gasteiger partial charge < -0.3 is 13.7 Å². The molecule has 2 aromatic carbocycles. The Morgan fingerprint density at radius 1 is 1.00 bits per heavy atom. The van der Waals surface area contributed by atoms with Gasteiger partial charge in [-0.15, -0.1) is 0 Å². The van der Waals surface area contributed by atoms with Gasteiger partial charge in [-0.3, -0.25) is 4.98 Å². The van der Waals surface area contributed by atoms with Crippen molar-refractivity contribution in [1.29, 1.82) is 0 Å². The summed E-state index contributed by atoms with van der Waals surface area (Å²) in [4.78, 5) is 8.89. The molecule has 0 spiro atoms. The first-order valence-electron chi connectivity index (χ1n) is 9.39. The zero-order valence-electron chi connectivity index (χ0n) is 15.9. The molecule has 5 aromatic rings. The highest BCUT2D eigenvalue weighted by Gasteiger charge is 2.19. The van der Waals surface area contributed by atoms with Crippen LogP contribution in [0, 0.1) is 0 Å². The van der Waals surface area contributed by atoms with E-state index in [9.17, 15) is 0 Å². The molecule has 0 unspecified atom stereocenters. The largest absolute Gasteiger partial charge is 0.497 e. The lowest BCUT2D eigenvalue weighted by Gasteiger charge is -2.09. The molecule has 29 heavy (non-hydrogen) atoms. The van der Waals surface area contributed by atoms with Gasteiger partial charge in [-0.25, -0.2) is 4.98 Å². The highest BCUT2D eigenvalue weighted by Crippen LogP contribution is 2.35. The summed E-state index contributed by atoms with van der Waals surface area (Å²) in [6, 6.07) is 22.2. The standard InChI is InChI=1S/C24H19N3O2/c1-28-20-9-7-17(8-10-20)15-27-16-26-23(18-5-3-2-4-6-18)24(27)21-13-19-11-12-25-14-22(19)29-21/h2-14,16H,15H2,1H3. The van der Waals surface area contributed by atoms with E-state index in [0.29, 0.717) is 6.54 Å². The monoisotopic (exact) mass is 381 g/mol. The molecule has 0 saturated carbocycles. The molecule has 0 saturated heterocycles. The van der Waals surface area contributed by atoms with Crippen molar-refractivity contribution >= 4 is 11.0 Å². The maximum absolute atomic E-state index is 6.15. The minimum absolute atomic E-state index is 0.675. The van der Waals surface area contributed by atoms with Crippen LogP contribution in [0.25, 0.3) is 33.7 Å². The van der Waals surface area contributed by atoms with Crippen LogP contribution >= 0.6 is 0 Å². The third-order valence-electron chi connectivity index (χ3n) is 4.95. The molecule has 0 amide bonds. The Labute approximate surface area is 168 Å². The number of pyridine rings is 1. The van der Waals surface area contributed by atoms with E-state index in [2.05, 4.69) is 33.8 Å². The van der Waals surface area contributed by atoms with E-state index in [1.54, 1.807) is 19.5 Å². The molecule has 0 radical (unpaired) electrons. The molecule has 0 fully saturated rings. The minimum Gasteiger partial charge on any atom is -0.497 e. The van der Waals surface area contributed by atoms with E-state index in [-0.39, 0.29) is 0 Å². The van der Waals surface area contributed by atoms with Crippen molar-refractivity contribution in [2.75, 3.05) is 7.11 Å². The molecule has 3 aromatic heterocycles. The fourth-order valence-corrected chi connectivity index (χ4v) is 3.50. The topological polar surface area (TPSA) is 53.1 Å². The number of aromatic nitrogens is 3. The maximum Gasteiger partial charge on any atom is 0.154 e. The van der Waals surface area contributed by atoms with Crippen LogP contribution in [0.3, 0.4) is 0 Å². The fraction of sp³-hybridized carbons (Fsp3) is 0.0833. The average Bonchev–Trinajstić information content (AvgIpc) is 3.38. The summed E-state index contributed by atoms with van der Waals surface area (Å²) in [6.45, 7) is 0.675. The molecular weight excluding hydrogens is 362 g/mol. The molecule has 3 heterocycles. The van der Waals surface area contributed by atoms with Gasteiger partial charge in [0, 0.05) is 23.7 Å². The van der Waals surface area contributed by atoms with Crippen molar-refractivity contribution in [3.63, 3.8) is 0 Å². The van der Waals surface area contributed by atoms with Crippen molar-refractivity contribution in [3.8, 4) is 28.5 Å². The van der Waals surface area contributed by atoms with Crippen molar-refractivity contribution in [3.05, 3.63) is 91.0 Å². The highest BCUT2D eigenvalue weighted by atomic mass is 16.5. The summed E-state index contributed by atoms with van der Waals surface area (Å²) in [5.41, 5.74) is 4.81. The first-order valence-corrected chi connectivity index (χ1v) is 9.39. The molecule has 0 bridgehead atoms. The summed E-state index contributed by atoms with van der Waals surface area (Å²) >= 11 is 0. The van der Waals surface area contributed by atoms with Crippen LogP contribution in [0.1, 0.15) is 5.56 Å². The zero-order chi connectivity index (χ0) is 19.6. The van der Waals surface area contributed by atoms with Crippen LogP contribution < -0.4 is 4.74 Å². The van der Waals surface area contributed by atoms with Crippen LogP contribution in [0.4, 0.5) is 0 Å². The van der Waals surface area contributed by atoms with Gasteiger partial charge >= 0.3 is 0 Å².